The Kier molecular flexibility index (Phi) is 3.93. The van der Waals surface area contributed by atoms with E-state index in [1.54, 1.807) is 6.33 Å². The highest BCUT2D eigenvalue weighted by molar-refractivity contribution is 4.84. The largest absolute Gasteiger partial charge is 0.314 e. The minimum absolute atomic E-state index is 0.638. The first-order valence-corrected chi connectivity index (χ1v) is 6.32. The van der Waals surface area contributed by atoms with Gasteiger partial charge in [-0.1, -0.05) is 19.3 Å². The molecule has 0 saturated heterocycles. The van der Waals surface area contributed by atoms with Gasteiger partial charge in [0.25, 0.3) is 0 Å². The first kappa shape index (κ1) is 11.6. The summed E-state index contributed by atoms with van der Waals surface area (Å²) < 4.78 is 1.85. The van der Waals surface area contributed by atoms with Gasteiger partial charge in [-0.3, -0.25) is 4.68 Å². The number of rotatable bonds is 6. The van der Waals surface area contributed by atoms with Crippen LogP contribution in [0.4, 0.5) is 0 Å². The molecule has 1 fully saturated rings. The van der Waals surface area contributed by atoms with E-state index in [4.69, 9.17) is 0 Å². The second-order valence-corrected chi connectivity index (χ2v) is 4.94. The summed E-state index contributed by atoms with van der Waals surface area (Å²) in [6.45, 7) is 3.29. The van der Waals surface area contributed by atoms with Crippen molar-refractivity contribution in [3.05, 3.63) is 12.2 Å². The van der Waals surface area contributed by atoms with Gasteiger partial charge in [0.2, 0.25) is 0 Å². The Balaban J connectivity index is 1.61. The molecule has 1 aromatic rings. The summed E-state index contributed by atoms with van der Waals surface area (Å²) >= 11 is 0. The van der Waals surface area contributed by atoms with Gasteiger partial charge in [-0.25, -0.2) is 4.98 Å². The SMILES string of the molecule is CC(CC1CCC1)NCCc1ncnn1C. The summed E-state index contributed by atoms with van der Waals surface area (Å²) in [6, 6.07) is 0.638. The van der Waals surface area contributed by atoms with Crippen molar-refractivity contribution in [2.75, 3.05) is 6.54 Å². The number of hydrogen-bond donors (Lipinski definition) is 1. The molecule has 16 heavy (non-hydrogen) atoms. The first-order chi connectivity index (χ1) is 7.75. The zero-order chi connectivity index (χ0) is 11.4. The zero-order valence-electron chi connectivity index (χ0n) is 10.3. The molecule has 0 spiro atoms. The van der Waals surface area contributed by atoms with Crippen molar-refractivity contribution in [1.29, 1.82) is 0 Å². The van der Waals surface area contributed by atoms with Gasteiger partial charge in [0.05, 0.1) is 0 Å². The zero-order valence-corrected chi connectivity index (χ0v) is 10.3. The summed E-state index contributed by atoms with van der Waals surface area (Å²) in [5, 5.41) is 7.63. The molecule has 1 N–H and O–H groups in total. The standard InChI is InChI=1S/C12H22N4/c1-10(8-11-4-3-5-11)13-7-6-12-14-9-15-16(12)2/h9-11,13H,3-8H2,1-2H3. The van der Waals surface area contributed by atoms with Crippen LogP contribution in [0.1, 0.15) is 38.4 Å². The Morgan fingerprint density at radius 3 is 2.94 bits per heavy atom. The van der Waals surface area contributed by atoms with Crippen LogP contribution < -0.4 is 5.32 Å². The third-order valence-corrected chi connectivity index (χ3v) is 3.56. The first-order valence-electron chi connectivity index (χ1n) is 6.32. The third-order valence-electron chi connectivity index (χ3n) is 3.56. The highest BCUT2D eigenvalue weighted by Crippen LogP contribution is 2.30. The van der Waals surface area contributed by atoms with Crippen molar-refractivity contribution >= 4 is 0 Å². The Hall–Kier alpha value is -0.900. The lowest BCUT2D eigenvalue weighted by Crippen LogP contribution is -2.32. The van der Waals surface area contributed by atoms with Gasteiger partial charge in [-0.05, 0) is 19.3 Å². The van der Waals surface area contributed by atoms with Gasteiger partial charge < -0.3 is 5.32 Å². The van der Waals surface area contributed by atoms with Crippen LogP contribution in [-0.2, 0) is 13.5 Å². The number of aromatic nitrogens is 3. The van der Waals surface area contributed by atoms with Crippen LogP contribution in [0.15, 0.2) is 6.33 Å². The second kappa shape index (κ2) is 5.43. The number of nitrogens with one attached hydrogen (secondary N) is 1. The van der Waals surface area contributed by atoms with E-state index in [2.05, 4.69) is 22.3 Å². The Morgan fingerprint density at radius 2 is 2.38 bits per heavy atom. The van der Waals surface area contributed by atoms with Crippen LogP contribution in [0.25, 0.3) is 0 Å². The third kappa shape index (κ3) is 3.04. The molecular weight excluding hydrogens is 200 g/mol. The molecule has 0 radical (unpaired) electrons. The maximum atomic E-state index is 4.21. The molecule has 1 unspecified atom stereocenters. The minimum atomic E-state index is 0.638. The summed E-state index contributed by atoms with van der Waals surface area (Å²) in [4.78, 5) is 4.21. The van der Waals surface area contributed by atoms with Crippen molar-refractivity contribution in [3.8, 4) is 0 Å². The lowest BCUT2D eigenvalue weighted by atomic mass is 9.81. The van der Waals surface area contributed by atoms with E-state index in [-0.39, 0.29) is 0 Å². The molecule has 1 aliphatic rings. The van der Waals surface area contributed by atoms with E-state index in [1.807, 2.05) is 11.7 Å². The van der Waals surface area contributed by atoms with Crippen LogP contribution in [0.2, 0.25) is 0 Å². The van der Waals surface area contributed by atoms with Crippen LogP contribution in [-0.4, -0.2) is 27.4 Å². The number of aryl methyl sites for hydroxylation is 1. The normalized spacial score (nSPS) is 18.4. The summed E-state index contributed by atoms with van der Waals surface area (Å²) in [5.74, 6) is 2.04. The minimum Gasteiger partial charge on any atom is -0.314 e. The molecule has 2 rings (SSSR count). The molecule has 0 amide bonds. The summed E-state index contributed by atoms with van der Waals surface area (Å²) in [5.41, 5.74) is 0. The van der Waals surface area contributed by atoms with Crippen LogP contribution in [0, 0.1) is 5.92 Å². The monoisotopic (exact) mass is 222 g/mol. The van der Waals surface area contributed by atoms with Crippen LogP contribution in [0.3, 0.4) is 0 Å². The molecule has 1 aromatic heterocycles. The van der Waals surface area contributed by atoms with Crippen molar-refractivity contribution in [2.24, 2.45) is 13.0 Å². The molecule has 1 heterocycles. The average molecular weight is 222 g/mol. The molecule has 90 valence electrons. The molecule has 0 aliphatic heterocycles. The van der Waals surface area contributed by atoms with Crippen LogP contribution >= 0.6 is 0 Å². The molecule has 0 aromatic carbocycles. The Bertz CT molecular complexity index is 317. The highest BCUT2D eigenvalue weighted by atomic mass is 15.3. The van der Waals surface area contributed by atoms with Crippen molar-refractivity contribution in [1.82, 2.24) is 20.1 Å². The fourth-order valence-electron chi connectivity index (χ4n) is 2.29. The fraction of sp³-hybridized carbons (Fsp3) is 0.833. The van der Waals surface area contributed by atoms with E-state index < -0.39 is 0 Å². The predicted octanol–water partition coefficient (Wildman–Crippen LogP) is 1.53. The summed E-state index contributed by atoms with van der Waals surface area (Å²) in [6.07, 6.45) is 8.23. The lowest BCUT2D eigenvalue weighted by molar-refractivity contribution is 0.266. The van der Waals surface area contributed by atoms with Gasteiger partial charge in [0, 0.05) is 26.1 Å². The van der Waals surface area contributed by atoms with E-state index >= 15 is 0 Å². The quantitative estimate of drug-likeness (QED) is 0.793. The molecule has 4 nitrogen and oxygen atoms in total. The van der Waals surface area contributed by atoms with Gasteiger partial charge in [-0.2, -0.15) is 5.10 Å². The second-order valence-electron chi connectivity index (χ2n) is 4.94. The Morgan fingerprint density at radius 1 is 1.56 bits per heavy atom. The van der Waals surface area contributed by atoms with Gasteiger partial charge in [-0.15, -0.1) is 0 Å². The smallest absolute Gasteiger partial charge is 0.138 e. The highest BCUT2D eigenvalue weighted by Gasteiger charge is 2.19. The average Bonchev–Trinajstić information content (AvgIpc) is 2.59. The fourth-order valence-corrected chi connectivity index (χ4v) is 2.29. The van der Waals surface area contributed by atoms with Gasteiger partial charge in [0.15, 0.2) is 0 Å². The molecule has 0 bridgehead atoms. The van der Waals surface area contributed by atoms with E-state index in [9.17, 15) is 0 Å². The van der Waals surface area contributed by atoms with E-state index in [0.29, 0.717) is 6.04 Å². The maximum Gasteiger partial charge on any atom is 0.138 e. The molecular formula is C12H22N4. The number of nitrogens with zero attached hydrogens (tertiary/aromatic N) is 3. The lowest BCUT2D eigenvalue weighted by Gasteiger charge is -2.28. The molecule has 1 atom stereocenters. The molecule has 1 aliphatic carbocycles. The van der Waals surface area contributed by atoms with E-state index in [0.717, 1.165) is 24.7 Å². The molecule has 4 heteroatoms. The number of hydrogen-bond acceptors (Lipinski definition) is 3. The van der Waals surface area contributed by atoms with Crippen molar-refractivity contribution in [2.45, 2.75) is 45.1 Å². The van der Waals surface area contributed by atoms with Gasteiger partial charge >= 0.3 is 0 Å². The van der Waals surface area contributed by atoms with Crippen molar-refractivity contribution in [3.63, 3.8) is 0 Å². The molecule has 1 saturated carbocycles. The van der Waals surface area contributed by atoms with Gasteiger partial charge in [0.1, 0.15) is 12.2 Å². The predicted molar refractivity (Wildman–Crippen MR) is 64.1 cm³/mol. The van der Waals surface area contributed by atoms with E-state index in [1.165, 1.54) is 25.7 Å². The van der Waals surface area contributed by atoms with Crippen molar-refractivity contribution < 1.29 is 0 Å². The maximum absolute atomic E-state index is 4.21. The Labute approximate surface area is 97.5 Å². The summed E-state index contributed by atoms with van der Waals surface area (Å²) in [7, 11) is 1.94. The van der Waals surface area contributed by atoms with Crippen LogP contribution in [0.5, 0.6) is 0 Å². The topological polar surface area (TPSA) is 42.7 Å².